The van der Waals surface area contributed by atoms with Gasteiger partial charge in [0.15, 0.2) is 0 Å². The molecule has 0 radical (unpaired) electrons. The number of likely N-dealkylation sites (tertiary alicyclic amines) is 2. The highest BCUT2D eigenvalue weighted by Gasteiger charge is 2.27. The number of benzene rings is 1. The molecule has 0 bridgehead atoms. The first kappa shape index (κ1) is 18.2. The molecule has 2 amide bonds. The third-order valence-electron chi connectivity index (χ3n) is 5.44. The number of carbonyl (C=O) groups is 1. The van der Waals surface area contributed by atoms with Gasteiger partial charge in [-0.2, -0.15) is 0 Å². The molecule has 0 aliphatic carbocycles. The van der Waals surface area contributed by atoms with Crippen molar-refractivity contribution in [1.29, 1.82) is 0 Å². The lowest BCUT2D eigenvalue weighted by atomic mass is 9.89. The summed E-state index contributed by atoms with van der Waals surface area (Å²) in [4.78, 5) is 16.8. The smallest absolute Gasteiger partial charge is 0.321 e. The van der Waals surface area contributed by atoms with E-state index in [1.54, 1.807) is 12.1 Å². The third-order valence-corrected chi connectivity index (χ3v) is 5.44. The average Bonchev–Trinajstić information content (AvgIpc) is 2.54. The van der Waals surface area contributed by atoms with Gasteiger partial charge in [-0.1, -0.05) is 19.9 Å². The fourth-order valence-corrected chi connectivity index (χ4v) is 4.39. The molecule has 2 aliphatic heterocycles. The van der Waals surface area contributed by atoms with E-state index in [4.69, 9.17) is 0 Å². The van der Waals surface area contributed by atoms with Gasteiger partial charge < -0.3 is 15.1 Å². The Kier molecular flexibility index (Phi) is 5.94. The van der Waals surface area contributed by atoms with Crippen LogP contribution in [-0.4, -0.2) is 48.6 Å². The monoisotopic (exact) mass is 347 g/mol. The van der Waals surface area contributed by atoms with Crippen molar-refractivity contribution in [3.05, 3.63) is 30.1 Å². The molecule has 5 heteroatoms. The minimum absolute atomic E-state index is 0.121. The molecule has 2 saturated heterocycles. The van der Waals surface area contributed by atoms with Crippen molar-refractivity contribution in [2.45, 2.75) is 33.1 Å². The second kappa shape index (κ2) is 8.17. The Morgan fingerprint density at radius 1 is 1.20 bits per heavy atom. The minimum Gasteiger partial charge on any atom is -0.325 e. The van der Waals surface area contributed by atoms with Gasteiger partial charge in [0, 0.05) is 38.4 Å². The summed E-state index contributed by atoms with van der Waals surface area (Å²) in [6, 6.07) is 5.93. The zero-order valence-electron chi connectivity index (χ0n) is 15.4. The second-order valence-electron chi connectivity index (χ2n) is 8.04. The first-order valence-electron chi connectivity index (χ1n) is 9.53. The van der Waals surface area contributed by atoms with Crippen LogP contribution < -0.4 is 5.32 Å². The zero-order valence-corrected chi connectivity index (χ0v) is 15.4. The number of nitrogens with one attached hydrogen (secondary N) is 1. The molecular weight excluding hydrogens is 317 g/mol. The molecule has 138 valence electrons. The lowest BCUT2D eigenvalue weighted by Crippen LogP contribution is -2.46. The molecule has 2 heterocycles. The molecule has 25 heavy (non-hydrogen) atoms. The van der Waals surface area contributed by atoms with Crippen molar-refractivity contribution in [2.75, 3.05) is 38.0 Å². The Labute approximate surface area is 150 Å². The summed E-state index contributed by atoms with van der Waals surface area (Å²) >= 11 is 0. The Bertz CT molecular complexity index is 576. The Morgan fingerprint density at radius 3 is 2.52 bits per heavy atom. The highest BCUT2D eigenvalue weighted by Crippen LogP contribution is 2.25. The molecular formula is C20H30FN3O. The summed E-state index contributed by atoms with van der Waals surface area (Å²) < 4.78 is 13.2. The van der Waals surface area contributed by atoms with Crippen LogP contribution in [0.15, 0.2) is 24.3 Å². The summed E-state index contributed by atoms with van der Waals surface area (Å²) in [5, 5.41) is 2.80. The number of piperidine rings is 2. The SMILES string of the molecule is C[C@@H]1C[C@@H](C)CN(CC2CCN(C(=O)Nc3cccc(F)c3)CC2)C1. The van der Waals surface area contributed by atoms with Crippen LogP contribution in [0.2, 0.25) is 0 Å². The standard InChI is InChI=1S/C20H30FN3O/c1-15-10-16(2)13-23(12-15)14-17-6-8-24(9-7-17)20(25)22-19-5-3-4-18(21)11-19/h3-5,11,15-17H,6-10,12-14H2,1-2H3,(H,22,25)/t15-,16-/m1/s1. The fourth-order valence-electron chi connectivity index (χ4n) is 4.39. The summed E-state index contributed by atoms with van der Waals surface area (Å²) in [7, 11) is 0. The van der Waals surface area contributed by atoms with Crippen molar-refractivity contribution in [2.24, 2.45) is 17.8 Å². The van der Waals surface area contributed by atoms with Gasteiger partial charge in [-0.3, -0.25) is 0 Å². The molecule has 2 fully saturated rings. The molecule has 2 aliphatic rings. The van der Waals surface area contributed by atoms with E-state index >= 15 is 0 Å². The zero-order chi connectivity index (χ0) is 17.8. The topological polar surface area (TPSA) is 35.6 Å². The average molecular weight is 347 g/mol. The van der Waals surface area contributed by atoms with Gasteiger partial charge in [-0.05, 0) is 55.2 Å². The van der Waals surface area contributed by atoms with Crippen molar-refractivity contribution in [3.63, 3.8) is 0 Å². The third kappa shape index (κ3) is 5.18. The van der Waals surface area contributed by atoms with E-state index in [1.807, 2.05) is 4.90 Å². The lowest BCUT2D eigenvalue weighted by Gasteiger charge is -2.39. The van der Waals surface area contributed by atoms with Gasteiger partial charge in [0.05, 0.1) is 0 Å². The molecule has 0 unspecified atom stereocenters. The number of nitrogens with zero attached hydrogens (tertiary/aromatic N) is 2. The summed E-state index contributed by atoms with van der Waals surface area (Å²) in [5.41, 5.74) is 0.517. The van der Waals surface area contributed by atoms with E-state index in [-0.39, 0.29) is 11.8 Å². The van der Waals surface area contributed by atoms with Crippen LogP contribution in [0.4, 0.5) is 14.9 Å². The maximum atomic E-state index is 13.2. The minimum atomic E-state index is -0.332. The summed E-state index contributed by atoms with van der Waals surface area (Å²) in [6.45, 7) is 9.85. The van der Waals surface area contributed by atoms with E-state index in [1.165, 1.54) is 31.6 Å². The summed E-state index contributed by atoms with van der Waals surface area (Å²) in [5.74, 6) is 1.93. The highest BCUT2D eigenvalue weighted by molar-refractivity contribution is 5.89. The number of carbonyl (C=O) groups excluding carboxylic acids is 1. The van der Waals surface area contributed by atoms with Gasteiger partial charge in [0.25, 0.3) is 0 Å². The van der Waals surface area contributed by atoms with Crippen LogP contribution in [0, 0.1) is 23.6 Å². The summed E-state index contributed by atoms with van der Waals surface area (Å²) in [6.07, 6.45) is 3.45. The van der Waals surface area contributed by atoms with E-state index in [0.717, 1.165) is 44.3 Å². The molecule has 1 N–H and O–H groups in total. The molecule has 0 aromatic heterocycles. The number of anilines is 1. The van der Waals surface area contributed by atoms with E-state index in [2.05, 4.69) is 24.1 Å². The van der Waals surface area contributed by atoms with Gasteiger partial charge in [-0.25, -0.2) is 9.18 Å². The van der Waals surface area contributed by atoms with Crippen LogP contribution in [0.1, 0.15) is 33.1 Å². The number of rotatable bonds is 3. The van der Waals surface area contributed by atoms with Crippen LogP contribution in [0.25, 0.3) is 0 Å². The van der Waals surface area contributed by atoms with Crippen LogP contribution in [-0.2, 0) is 0 Å². The van der Waals surface area contributed by atoms with Crippen LogP contribution >= 0.6 is 0 Å². The molecule has 0 saturated carbocycles. The van der Waals surface area contributed by atoms with Crippen LogP contribution in [0.3, 0.4) is 0 Å². The predicted octanol–water partition coefficient (Wildman–Crippen LogP) is 4.05. The molecule has 2 atom stereocenters. The molecule has 0 spiro atoms. The molecule has 4 nitrogen and oxygen atoms in total. The number of halogens is 1. The number of amides is 2. The van der Waals surface area contributed by atoms with E-state index < -0.39 is 0 Å². The first-order chi connectivity index (χ1) is 12.0. The maximum absolute atomic E-state index is 13.2. The van der Waals surface area contributed by atoms with E-state index in [0.29, 0.717) is 11.6 Å². The number of urea groups is 1. The molecule has 1 aromatic rings. The largest absolute Gasteiger partial charge is 0.325 e. The first-order valence-corrected chi connectivity index (χ1v) is 9.53. The van der Waals surface area contributed by atoms with Gasteiger partial charge in [-0.15, -0.1) is 0 Å². The number of hydrogen-bond donors (Lipinski definition) is 1. The Morgan fingerprint density at radius 2 is 1.88 bits per heavy atom. The van der Waals surface area contributed by atoms with Crippen molar-refractivity contribution >= 4 is 11.7 Å². The normalized spacial score (nSPS) is 25.8. The Hall–Kier alpha value is -1.62. The number of hydrogen-bond acceptors (Lipinski definition) is 2. The van der Waals surface area contributed by atoms with Gasteiger partial charge in [0.2, 0.25) is 0 Å². The van der Waals surface area contributed by atoms with Crippen molar-refractivity contribution in [1.82, 2.24) is 9.80 Å². The lowest BCUT2D eigenvalue weighted by molar-refractivity contribution is 0.101. The van der Waals surface area contributed by atoms with Crippen molar-refractivity contribution < 1.29 is 9.18 Å². The maximum Gasteiger partial charge on any atom is 0.321 e. The Balaban J connectivity index is 1.44. The second-order valence-corrected chi connectivity index (χ2v) is 8.04. The molecule has 1 aromatic carbocycles. The van der Waals surface area contributed by atoms with Crippen LogP contribution in [0.5, 0.6) is 0 Å². The molecule has 3 rings (SSSR count). The quantitative estimate of drug-likeness (QED) is 0.895. The van der Waals surface area contributed by atoms with Crippen molar-refractivity contribution in [3.8, 4) is 0 Å². The predicted molar refractivity (Wildman–Crippen MR) is 99.1 cm³/mol. The fraction of sp³-hybridized carbons (Fsp3) is 0.650. The van der Waals surface area contributed by atoms with Gasteiger partial charge in [0.1, 0.15) is 5.82 Å². The van der Waals surface area contributed by atoms with E-state index in [9.17, 15) is 9.18 Å². The highest BCUT2D eigenvalue weighted by atomic mass is 19.1. The van der Waals surface area contributed by atoms with Gasteiger partial charge >= 0.3 is 6.03 Å².